The molecule has 2 aromatic carbocycles. The highest BCUT2D eigenvalue weighted by Crippen LogP contribution is 2.08. The molecule has 5 nitrogen and oxygen atoms in total. The largest absolute Gasteiger partial charge is 0.494 e. The van der Waals surface area contributed by atoms with Crippen molar-refractivity contribution in [3.8, 4) is 5.75 Å². The lowest BCUT2D eigenvalue weighted by Crippen LogP contribution is -2.37. The van der Waals surface area contributed by atoms with Gasteiger partial charge in [0.25, 0.3) is 5.91 Å². The predicted octanol–water partition coefficient (Wildman–Crippen LogP) is 2.31. The van der Waals surface area contributed by atoms with Gasteiger partial charge in [-0.2, -0.15) is 0 Å². The van der Waals surface area contributed by atoms with E-state index in [0.717, 1.165) is 11.3 Å². The molecule has 2 amide bonds. The summed E-state index contributed by atoms with van der Waals surface area (Å²) in [6, 6.07) is 16.8. The number of benzene rings is 2. The molecule has 0 aliphatic rings. The van der Waals surface area contributed by atoms with Crippen molar-refractivity contribution in [3.63, 3.8) is 0 Å². The first kappa shape index (κ1) is 17.5. The predicted molar refractivity (Wildman–Crippen MR) is 93.1 cm³/mol. The molecule has 2 aromatic rings. The Hall–Kier alpha value is -2.82. The third-order valence-corrected chi connectivity index (χ3v) is 3.45. The summed E-state index contributed by atoms with van der Waals surface area (Å²) in [7, 11) is 0. The summed E-state index contributed by atoms with van der Waals surface area (Å²) in [5.74, 6) is 0.363. The Bertz CT molecular complexity index is 671. The van der Waals surface area contributed by atoms with Crippen LogP contribution in [0, 0.1) is 6.92 Å². The molecule has 24 heavy (non-hydrogen) atoms. The molecule has 0 unspecified atom stereocenters. The van der Waals surface area contributed by atoms with E-state index in [0.29, 0.717) is 25.1 Å². The Morgan fingerprint density at radius 2 is 1.67 bits per heavy atom. The van der Waals surface area contributed by atoms with Crippen molar-refractivity contribution in [2.75, 3.05) is 19.7 Å². The summed E-state index contributed by atoms with van der Waals surface area (Å²) in [4.78, 5) is 23.7. The number of aryl methyl sites for hydroxylation is 1. The normalized spacial score (nSPS) is 10.0. The van der Waals surface area contributed by atoms with Crippen LogP contribution in [0.25, 0.3) is 0 Å². The average molecular weight is 326 g/mol. The molecule has 0 aliphatic heterocycles. The van der Waals surface area contributed by atoms with Gasteiger partial charge in [0.2, 0.25) is 5.91 Å². The van der Waals surface area contributed by atoms with E-state index in [-0.39, 0.29) is 18.4 Å². The Morgan fingerprint density at radius 1 is 0.958 bits per heavy atom. The first-order chi connectivity index (χ1) is 11.7. The van der Waals surface area contributed by atoms with Crippen LogP contribution in [0.3, 0.4) is 0 Å². The van der Waals surface area contributed by atoms with Crippen molar-refractivity contribution >= 4 is 11.8 Å². The van der Waals surface area contributed by atoms with E-state index in [4.69, 9.17) is 4.74 Å². The molecule has 126 valence electrons. The fourth-order valence-corrected chi connectivity index (χ4v) is 2.15. The van der Waals surface area contributed by atoms with Crippen LogP contribution in [0.1, 0.15) is 22.3 Å². The molecule has 0 saturated heterocycles. The number of rotatable bonds is 8. The molecule has 0 saturated carbocycles. The summed E-state index contributed by atoms with van der Waals surface area (Å²) in [6.45, 7) is 2.86. The molecule has 2 rings (SSSR count). The smallest absolute Gasteiger partial charge is 0.251 e. The second kappa shape index (κ2) is 9.35. The number of hydrogen-bond donors (Lipinski definition) is 2. The minimum atomic E-state index is -0.240. The maximum Gasteiger partial charge on any atom is 0.251 e. The SMILES string of the molecule is Cc1ccccc1C(=O)NCC(=O)NCCCOc1ccccc1. The number of carbonyl (C=O) groups excluding carboxylic acids is 2. The third kappa shape index (κ3) is 5.76. The van der Waals surface area contributed by atoms with E-state index in [1.807, 2.05) is 49.4 Å². The molecule has 0 atom stereocenters. The van der Waals surface area contributed by atoms with Crippen molar-refractivity contribution in [1.29, 1.82) is 0 Å². The Morgan fingerprint density at radius 3 is 2.42 bits per heavy atom. The maximum absolute atomic E-state index is 12.0. The van der Waals surface area contributed by atoms with Crippen molar-refractivity contribution in [2.45, 2.75) is 13.3 Å². The van der Waals surface area contributed by atoms with Gasteiger partial charge >= 0.3 is 0 Å². The van der Waals surface area contributed by atoms with Gasteiger partial charge in [-0.1, -0.05) is 36.4 Å². The lowest BCUT2D eigenvalue weighted by atomic mass is 10.1. The molecular weight excluding hydrogens is 304 g/mol. The van der Waals surface area contributed by atoms with E-state index in [2.05, 4.69) is 10.6 Å². The molecule has 5 heteroatoms. The number of para-hydroxylation sites is 1. The highest BCUT2D eigenvalue weighted by Gasteiger charge is 2.09. The first-order valence-electron chi connectivity index (χ1n) is 7.95. The van der Waals surface area contributed by atoms with Crippen LogP contribution in [0.15, 0.2) is 54.6 Å². The Balaban J connectivity index is 1.60. The van der Waals surface area contributed by atoms with Crippen LogP contribution >= 0.6 is 0 Å². The zero-order chi connectivity index (χ0) is 17.2. The summed E-state index contributed by atoms with van der Waals surface area (Å²) in [5.41, 5.74) is 1.47. The molecule has 0 aliphatic carbocycles. The average Bonchev–Trinajstić information content (AvgIpc) is 2.60. The number of carbonyl (C=O) groups is 2. The quantitative estimate of drug-likeness (QED) is 0.732. The highest BCUT2D eigenvalue weighted by atomic mass is 16.5. The number of hydrogen-bond acceptors (Lipinski definition) is 3. The minimum Gasteiger partial charge on any atom is -0.494 e. The first-order valence-corrected chi connectivity index (χ1v) is 7.95. The van der Waals surface area contributed by atoms with Crippen molar-refractivity contribution in [1.82, 2.24) is 10.6 Å². The monoisotopic (exact) mass is 326 g/mol. The molecule has 0 spiro atoms. The van der Waals surface area contributed by atoms with E-state index in [1.165, 1.54) is 0 Å². The van der Waals surface area contributed by atoms with Gasteiger partial charge in [-0.3, -0.25) is 9.59 Å². The van der Waals surface area contributed by atoms with E-state index in [9.17, 15) is 9.59 Å². The van der Waals surface area contributed by atoms with Gasteiger partial charge < -0.3 is 15.4 Å². The third-order valence-electron chi connectivity index (χ3n) is 3.45. The van der Waals surface area contributed by atoms with Gasteiger partial charge in [0.05, 0.1) is 13.2 Å². The van der Waals surface area contributed by atoms with Crippen LogP contribution < -0.4 is 15.4 Å². The molecule has 0 aromatic heterocycles. The second-order valence-corrected chi connectivity index (χ2v) is 5.36. The van der Waals surface area contributed by atoms with Crippen molar-refractivity contribution < 1.29 is 14.3 Å². The lowest BCUT2D eigenvalue weighted by molar-refractivity contribution is -0.120. The fourth-order valence-electron chi connectivity index (χ4n) is 2.15. The number of nitrogens with one attached hydrogen (secondary N) is 2. The van der Waals surface area contributed by atoms with Crippen LogP contribution in [-0.4, -0.2) is 31.5 Å². The standard InChI is InChI=1S/C19H22N2O3/c1-15-8-5-6-11-17(15)19(23)21-14-18(22)20-12-7-13-24-16-9-3-2-4-10-16/h2-6,8-11H,7,12-14H2,1H3,(H,20,22)(H,21,23). The van der Waals surface area contributed by atoms with Crippen LogP contribution in [0.2, 0.25) is 0 Å². The van der Waals surface area contributed by atoms with Gasteiger partial charge in [0.1, 0.15) is 5.75 Å². The molecule has 0 heterocycles. The molecule has 0 fully saturated rings. The summed E-state index contributed by atoms with van der Waals surface area (Å²) in [6.07, 6.45) is 0.701. The minimum absolute atomic E-state index is 0.0350. The molecule has 0 bridgehead atoms. The van der Waals surface area contributed by atoms with Crippen LogP contribution in [-0.2, 0) is 4.79 Å². The van der Waals surface area contributed by atoms with Gasteiger partial charge in [-0.15, -0.1) is 0 Å². The Kier molecular flexibility index (Phi) is 6.83. The second-order valence-electron chi connectivity index (χ2n) is 5.36. The van der Waals surface area contributed by atoms with E-state index in [1.54, 1.807) is 12.1 Å². The van der Waals surface area contributed by atoms with Crippen molar-refractivity contribution in [2.24, 2.45) is 0 Å². The zero-order valence-corrected chi connectivity index (χ0v) is 13.7. The van der Waals surface area contributed by atoms with Crippen LogP contribution in [0.4, 0.5) is 0 Å². The maximum atomic E-state index is 12.0. The lowest BCUT2D eigenvalue weighted by Gasteiger charge is -2.09. The highest BCUT2D eigenvalue weighted by molar-refractivity contribution is 5.97. The topological polar surface area (TPSA) is 67.4 Å². The molecule has 2 N–H and O–H groups in total. The Labute approximate surface area is 142 Å². The van der Waals surface area contributed by atoms with Gasteiger partial charge in [0, 0.05) is 12.1 Å². The zero-order valence-electron chi connectivity index (χ0n) is 13.7. The van der Waals surface area contributed by atoms with E-state index < -0.39 is 0 Å². The summed E-state index contributed by atoms with van der Waals surface area (Å²) in [5, 5.41) is 5.38. The summed E-state index contributed by atoms with van der Waals surface area (Å²) < 4.78 is 5.54. The van der Waals surface area contributed by atoms with Gasteiger partial charge in [-0.25, -0.2) is 0 Å². The van der Waals surface area contributed by atoms with E-state index >= 15 is 0 Å². The van der Waals surface area contributed by atoms with Crippen molar-refractivity contribution in [3.05, 3.63) is 65.7 Å². The number of ether oxygens (including phenoxy) is 1. The summed E-state index contributed by atoms with van der Waals surface area (Å²) >= 11 is 0. The fraction of sp³-hybridized carbons (Fsp3) is 0.263. The number of amides is 2. The van der Waals surface area contributed by atoms with Gasteiger partial charge in [-0.05, 0) is 37.1 Å². The van der Waals surface area contributed by atoms with Crippen LogP contribution in [0.5, 0.6) is 5.75 Å². The van der Waals surface area contributed by atoms with Gasteiger partial charge in [0.15, 0.2) is 0 Å². The molecule has 0 radical (unpaired) electrons. The molecular formula is C19H22N2O3.